The van der Waals surface area contributed by atoms with Crippen molar-refractivity contribution in [2.45, 2.75) is 37.6 Å². The predicted octanol–water partition coefficient (Wildman–Crippen LogP) is 4.43. The van der Waals surface area contributed by atoms with Gasteiger partial charge in [0, 0.05) is 24.5 Å². The van der Waals surface area contributed by atoms with E-state index < -0.39 is 10.0 Å². The zero-order chi connectivity index (χ0) is 28.5. The average molecular weight is 586 g/mol. The molecule has 0 unspecified atom stereocenters. The zero-order valence-electron chi connectivity index (χ0n) is 23.5. The van der Waals surface area contributed by atoms with Crippen molar-refractivity contribution in [2.24, 2.45) is 0 Å². The summed E-state index contributed by atoms with van der Waals surface area (Å²) in [5.74, 6) is 1.07. The van der Waals surface area contributed by atoms with Gasteiger partial charge in [-0.1, -0.05) is 24.3 Å². The summed E-state index contributed by atoms with van der Waals surface area (Å²) in [6.45, 7) is 5.49. The van der Waals surface area contributed by atoms with Crippen LogP contribution in [0.1, 0.15) is 28.8 Å². The molecule has 10 heteroatoms. The molecule has 2 aromatic carbocycles. The van der Waals surface area contributed by atoms with E-state index >= 15 is 0 Å². The highest BCUT2D eigenvalue weighted by Crippen LogP contribution is 2.28. The van der Waals surface area contributed by atoms with Gasteiger partial charge in [0.25, 0.3) is 0 Å². The first kappa shape index (κ1) is 30.0. The minimum atomic E-state index is -3.84. The van der Waals surface area contributed by atoms with Gasteiger partial charge in [-0.3, -0.25) is 4.79 Å². The van der Waals surface area contributed by atoms with Crippen LogP contribution in [0.15, 0.2) is 64.9 Å². The fourth-order valence-electron chi connectivity index (χ4n) is 4.87. The van der Waals surface area contributed by atoms with Gasteiger partial charge in [0.05, 0.1) is 32.2 Å². The number of aryl methyl sites for hydroxylation is 1. The molecular weight excluding hydrogens is 546 g/mol. The Bertz CT molecular complexity index is 1350. The van der Waals surface area contributed by atoms with Crippen LogP contribution in [0.5, 0.6) is 11.5 Å². The first-order chi connectivity index (χ1) is 19.3. The molecule has 2 heterocycles. The topological polar surface area (TPSA) is 79.4 Å². The van der Waals surface area contributed by atoms with E-state index in [2.05, 4.69) is 4.90 Å². The molecule has 1 aliphatic rings. The predicted molar refractivity (Wildman–Crippen MR) is 159 cm³/mol. The monoisotopic (exact) mass is 585 g/mol. The molecule has 4 rings (SSSR count). The maximum absolute atomic E-state index is 13.9. The lowest BCUT2D eigenvalue weighted by molar-refractivity contribution is -0.132. The fourth-order valence-corrected chi connectivity index (χ4v) is 7.19. The number of sulfonamides is 1. The number of rotatable bonds is 14. The zero-order valence-corrected chi connectivity index (χ0v) is 25.2. The first-order valence-electron chi connectivity index (χ1n) is 13.6. The summed E-state index contributed by atoms with van der Waals surface area (Å²) in [4.78, 5) is 19.2. The van der Waals surface area contributed by atoms with Gasteiger partial charge in [0.2, 0.25) is 15.9 Å². The van der Waals surface area contributed by atoms with Crippen LogP contribution in [-0.4, -0.2) is 81.9 Å². The normalized spacial score (nSPS) is 14.0. The third kappa shape index (κ3) is 7.63. The van der Waals surface area contributed by atoms with Gasteiger partial charge in [-0.25, -0.2) is 8.42 Å². The molecule has 1 aliphatic heterocycles. The molecule has 40 heavy (non-hydrogen) atoms. The number of nitrogens with zero attached hydrogens (tertiary/aromatic N) is 3. The van der Waals surface area contributed by atoms with Gasteiger partial charge >= 0.3 is 0 Å². The summed E-state index contributed by atoms with van der Waals surface area (Å²) in [6, 6.07) is 16.2. The minimum Gasteiger partial charge on any atom is -0.493 e. The summed E-state index contributed by atoms with van der Waals surface area (Å²) in [5, 5.41) is 2.02. The van der Waals surface area contributed by atoms with Crippen LogP contribution in [0.4, 0.5) is 0 Å². The van der Waals surface area contributed by atoms with Crippen molar-refractivity contribution in [3.05, 3.63) is 76.0 Å². The SMILES string of the molecule is COc1ccc(CCN(Cc2sccc2C)C(=O)CN(CCN2CCCC2)S(=O)(=O)c2ccccc2)cc1OC. The van der Waals surface area contributed by atoms with Crippen LogP contribution in [0.2, 0.25) is 0 Å². The highest BCUT2D eigenvalue weighted by molar-refractivity contribution is 7.89. The number of amides is 1. The fraction of sp³-hybridized carbons (Fsp3) is 0.433. The number of carbonyl (C=O) groups is 1. The number of carbonyl (C=O) groups excluding carboxylic acids is 1. The first-order valence-corrected chi connectivity index (χ1v) is 15.9. The second kappa shape index (κ2) is 14.1. The summed E-state index contributed by atoms with van der Waals surface area (Å²) >= 11 is 1.61. The van der Waals surface area contributed by atoms with Gasteiger partial charge in [0.15, 0.2) is 11.5 Å². The van der Waals surface area contributed by atoms with Gasteiger partial charge in [-0.05, 0) is 86.1 Å². The molecule has 0 atom stereocenters. The molecule has 1 saturated heterocycles. The Hall–Kier alpha value is -2.92. The van der Waals surface area contributed by atoms with E-state index in [0.29, 0.717) is 37.6 Å². The maximum atomic E-state index is 13.9. The lowest BCUT2D eigenvalue weighted by Gasteiger charge is -2.28. The molecule has 0 bridgehead atoms. The number of likely N-dealkylation sites (tertiary alicyclic amines) is 1. The summed E-state index contributed by atoms with van der Waals surface area (Å²) in [6.07, 6.45) is 2.83. The number of hydrogen-bond donors (Lipinski definition) is 0. The summed E-state index contributed by atoms with van der Waals surface area (Å²) in [7, 11) is -0.648. The van der Waals surface area contributed by atoms with Crippen molar-refractivity contribution in [1.29, 1.82) is 0 Å². The van der Waals surface area contributed by atoms with Crippen LogP contribution in [0.3, 0.4) is 0 Å². The molecule has 0 saturated carbocycles. The van der Waals surface area contributed by atoms with E-state index in [1.807, 2.05) is 36.6 Å². The third-order valence-corrected chi connectivity index (χ3v) is 10.2. The quantitative estimate of drug-likeness (QED) is 0.279. The second-order valence-corrected chi connectivity index (χ2v) is 12.9. The summed E-state index contributed by atoms with van der Waals surface area (Å²) in [5.41, 5.74) is 2.12. The molecule has 1 fully saturated rings. The third-order valence-electron chi connectivity index (χ3n) is 7.33. The lowest BCUT2D eigenvalue weighted by atomic mass is 10.1. The van der Waals surface area contributed by atoms with Crippen LogP contribution in [-0.2, 0) is 27.8 Å². The Morgan fingerprint density at radius 3 is 2.35 bits per heavy atom. The van der Waals surface area contributed by atoms with Crippen molar-refractivity contribution in [1.82, 2.24) is 14.1 Å². The van der Waals surface area contributed by atoms with E-state index in [1.54, 1.807) is 60.8 Å². The van der Waals surface area contributed by atoms with Crippen LogP contribution < -0.4 is 9.47 Å². The molecular formula is C30H39N3O5S2. The number of ether oxygens (including phenoxy) is 2. The van der Waals surface area contributed by atoms with Crippen molar-refractivity contribution in [3.63, 3.8) is 0 Å². The Morgan fingerprint density at radius 1 is 0.975 bits per heavy atom. The molecule has 3 aromatic rings. The van der Waals surface area contributed by atoms with Crippen LogP contribution in [0, 0.1) is 6.92 Å². The Labute approximate surface area is 242 Å². The van der Waals surface area contributed by atoms with E-state index in [4.69, 9.17) is 9.47 Å². The van der Waals surface area contributed by atoms with Gasteiger partial charge in [-0.15, -0.1) is 11.3 Å². The average Bonchev–Trinajstić information content (AvgIpc) is 3.64. The molecule has 0 N–H and O–H groups in total. The number of benzene rings is 2. The van der Waals surface area contributed by atoms with Crippen molar-refractivity contribution >= 4 is 27.3 Å². The smallest absolute Gasteiger partial charge is 0.243 e. The molecule has 216 valence electrons. The van der Waals surface area contributed by atoms with E-state index in [9.17, 15) is 13.2 Å². The molecule has 1 aromatic heterocycles. The molecule has 8 nitrogen and oxygen atoms in total. The highest BCUT2D eigenvalue weighted by atomic mass is 32.2. The van der Waals surface area contributed by atoms with Crippen LogP contribution in [0.25, 0.3) is 0 Å². The number of methoxy groups -OCH3 is 2. The Morgan fingerprint density at radius 2 is 1.70 bits per heavy atom. The maximum Gasteiger partial charge on any atom is 0.243 e. The summed E-state index contributed by atoms with van der Waals surface area (Å²) < 4.78 is 39.5. The van der Waals surface area contributed by atoms with Crippen molar-refractivity contribution in [2.75, 3.05) is 53.5 Å². The van der Waals surface area contributed by atoms with Crippen molar-refractivity contribution in [3.8, 4) is 11.5 Å². The number of hydrogen-bond acceptors (Lipinski definition) is 7. The minimum absolute atomic E-state index is 0.204. The largest absolute Gasteiger partial charge is 0.493 e. The molecule has 0 spiro atoms. The standard InChI is InChI=1S/C30H39N3O5S2/c1-24-14-20-39-29(24)22-32(17-13-25-11-12-27(37-2)28(21-25)38-3)30(34)23-33(19-18-31-15-7-8-16-31)40(35,36)26-9-5-4-6-10-26/h4-6,9-12,14,20-21H,7-8,13,15-19,22-23H2,1-3H3. The highest BCUT2D eigenvalue weighted by Gasteiger charge is 2.29. The van der Waals surface area contributed by atoms with Gasteiger partial charge in [-0.2, -0.15) is 4.31 Å². The molecule has 0 radical (unpaired) electrons. The Balaban J connectivity index is 1.55. The number of thiophene rings is 1. The van der Waals surface area contributed by atoms with Crippen molar-refractivity contribution < 1.29 is 22.7 Å². The Kier molecular flexibility index (Phi) is 10.6. The van der Waals surface area contributed by atoms with E-state index in [1.165, 1.54) is 4.31 Å². The van der Waals surface area contributed by atoms with Gasteiger partial charge in [0.1, 0.15) is 0 Å². The van der Waals surface area contributed by atoms with Gasteiger partial charge < -0.3 is 19.3 Å². The van der Waals surface area contributed by atoms with E-state index in [0.717, 1.165) is 41.9 Å². The molecule has 1 amide bonds. The molecule has 0 aliphatic carbocycles. The second-order valence-electron chi connectivity index (χ2n) is 9.98. The lowest BCUT2D eigenvalue weighted by Crippen LogP contribution is -2.45. The van der Waals surface area contributed by atoms with Crippen LogP contribution >= 0.6 is 11.3 Å². The van der Waals surface area contributed by atoms with E-state index in [-0.39, 0.29) is 23.9 Å².